The minimum atomic E-state index is -4.42. The predicted octanol–water partition coefficient (Wildman–Crippen LogP) is 4.58. The molecule has 2 heterocycles. The van der Waals surface area contributed by atoms with Crippen LogP contribution in [0.4, 0.5) is 18.9 Å². The first kappa shape index (κ1) is 16.9. The Labute approximate surface area is 141 Å². The molecule has 0 fully saturated rings. The fourth-order valence-electron chi connectivity index (χ4n) is 2.70. The summed E-state index contributed by atoms with van der Waals surface area (Å²) in [5, 5.41) is 12.4. The van der Waals surface area contributed by atoms with Crippen molar-refractivity contribution in [3.63, 3.8) is 0 Å². The smallest absolute Gasteiger partial charge is 0.416 e. The Morgan fingerprint density at radius 2 is 1.96 bits per heavy atom. The lowest BCUT2D eigenvalue weighted by Crippen LogP contribution is -2.12. The van der Waals surface area contributed by atoms with Crippen molar-refractivity contribution in [3.8, 4) is 0 Å². The van der Waals surface area contributed by atoms with Gasteiger partial charge in [0.2, 0.25) is 0 Å². The highest BCUT2D eigenvalue weighted by Crippen LogP contribution is 2.31. The molecule has 1 aromatic carbocycles. The summed E-state index contributed by atoms with van der Waals surface area (Å²) in [6.07, 6.45) is -2.79. The number of carboxylic acids is 1. The fourth-order valence-corrected chi connectivity index (χ4v) is 2.70. The highest BCUT2D eigenvalue weighted by Gasteiger charge is 2.30. The van der Waals surface area contributed by atoms with Crippen LogP contribution in [0.15, 0.2) is 48.7 Å². The third-order valence-electron chi connectivity index (χ3n) is 4.05. The minimum absolute atomic E-state index is 0.0344. The number of anilines is 1. The number of nitrogens with one attached hydrogen (secondary N) is 1. The molecular weight excluding hydrogens is 333 g/mol. The Balaban J connectivity index is 1.93. The zero-order valence-corrected chi connectivity index (χ0v) is 13.3. The number of carbonyl (C=O) groups is 1. The molecule has 3 aromatic rings. The monoisotopic (exact) mass is 348 g/mol. The molecule has 0 unspecified atom stereocenters. The lowest BCUT2D eigenvalue weighted by Gasteiger charge is -2.15. The molecule has 4 nitrogen and oxygen atoms in total. The van der Waals surface area contributed by atoms with E-state index in [1.165, 1.54) is 10.5 Å². The van der Waals surface area contributed by atoms with Crippen LogP contribution in [0.25, 0.3) is 5.52 Å². The maximum absolute atomic E-state index is 12.9. The first-order valence-electron chi connectivity index (χ1n) is 7.51. The van der Waals surface area contributed by atoms with Crippen molar-refractivity contribution < 1.29 is 23.1 Å². The molecule has 0 bridgehead atoms. The van der Waals surface area contributed by atoms with E-state index in [1.807, 2.05) is 0 Å². The maximum Gasteiger partial charge on any atom is 0.416 e. The maximum atomic E-state index is 12.9. The van der Waals surface area contributed by atoms with E-state index in [1.54, 1.807) is 37.4 Å². The average Bonchev–Trinajstić information content (AvgIpc) is 3.00. The van der Waals surface area contributed by atoms with E-state index in [0.717, 1.165) is 17.6 Å². The molecule has 0 spiro atoms. The zero-order chi connectivity index (χ0) is 18.2. The van der Waals surface area contributed by atoms with Crippen LogP contribution in [-0.2, 0) is 12.7 Å². The molecule has 0 aliphatic rings. The van der Waals surface area contributed by atoms with Crippen molar-refractivity contribution in [3.05, 3.63) is 71.0 Å². The normalized spacial score (nSPS) is 11.7. The van der Waals surface area contributed by atoms with E-state index in [2.05, 4.69) is 5.32 Å². The molecule has 0 saturated heterocycles. The number of carboxylic acid groups (broad SMARTS) is 1. The summed E-state index contributed by atoms with van der Waals surface area (Å²) in [5.41, 5.74) is 1.52. The molecule has 25 heavy (non-hydrogen) atoms. The molecule has 0 atom stereocenters. The van der Waals surface area contributed by atoms with E-state index in [4.69, 9.17) is 0 Å². The quantitative estimate of drug-likeness (QED) is 0.726. The van der Waals surface area contributed by atoms with E-state index in [0.29, 0.717) is 16.8 Å². The van der Waals surface area contributed by atoms with Crippen molar-refractivity contribution >= 4 is 17.2 Å². The summed E-state index contributed by atoms with van der Waals surface area (Å²) in [6, 6.07) is 10.4. The number of benzene rings is 1. The van der Waals surface area contributed by atoms with Gasteiger partial charge in [0.15, 0.2) is 5.69 Å². The molecule has 2 aromatic heterocycles. The van der Waals surface area contributed by atoms with Gasteiger partial charge in [0.05, 0.1) is 11.3 Å². The van der Waals surface area contributed by atoms with Crippen LogP contribution in [0.2, 0.25) is 0 Å². The minimum Gasteiger partial charge on any atom is -0.476 e. The molecule has 3 rings (SSSR count). The fraction of sp³-hybridized carbons (Fsp3) is 0.167. The van der Waals surface area contributed by atoms with Crippen LogP contribution in [-0.4, -0.2) is 15.5 Å². The Morgan fingerprint density at radius 3 is 2.64 bits per heavy atom. The summed E-state index contributed by atoms with van der Waals surface area (Å²) in [7, 11) is 0. The third kappa shape index (κ3) is 3.31. The Morgan fingerprint density at radius 1 is 1.20 bits per heavy atom. The number of hydrogen-bond acceptors (Lipinski definition) is 2. The Bertz CT molecular complexity index is 945. The second-order valence-electron chi connectivity index (χ2n) is 5.70. The van der Waals surface area contributed by atoms with Crippen LogP contribution >= 0.6 is 0 Å². The van der Waals surface area contributed by atoms with Crippen molar-refractivity contribution in [2.45, 2.75) is 19.6 Å². The van der Waals surface area contributed by atoms with Gasteiger partial charge in [-0.15, -0.1) is 0 Å². The van der Waals surface area contributed by atoms with Gasteiger partial charge >= 0.3 is 12.1 Å². The lowest BCUT2D eigenvalue weighted by atomic mass is 10.0. The van der Waals surface area contributed by atoms with Gasteiger partial charge in [-0.1, -0.05) is 6.07 Å². The van der Waals surface area contributed by atoms with Crippen molar-refractivity contribution in [1.82, 2.24) is 4.40 Å². The summed E-state index contributed by atoms with van der Waals surface area (Å²) in [5.74, 6) is -1.12. The number of pyridine rings is 1. The summed E-state index contributed by atoms with van der Waals surface area (Å²) in [4.78, 5) is 11.6. The van der Waals surface area contributed by atoms with E-state index in [-0.39, 0.29) is 12.2 Å². The summed E-state index contributed by atoms with van der Waals surface area (Å²) in [6.45, 7) is 1.80. The van der Waals surface area contributed by atoms with Gasteiger partial charge in [-0.3, -0.25) is 0 Å². The molecule has 0 amide bonds. The van der Waals surface area contributed by atoms with Gasteiger partial charge < -0.3 is 14.8 Å². The number of aromatic nitrogens is 1. The molecule has 0 aliphatic carbocycles. The zero-order valence-electron chi connectivity index (χ0n) is 13.3. The number of aryl methyl sites for hydroxylation is 1. The lowest BCUT2D eigenvalue weighted by molar-refractivity contribution is -0.137. The van der Waals surface area contributed by atoms with Crippen molar-refractivity contribution in [1.29, 1.82) is 0 Å². The summed E-state index contributed by atoms with van der Waals surface area (Å²) < 4.78 is 40.1. The number of halogens is 3. The molecular formula is C18H15F3N2O2. The second kappa shape index (κ2) is 6.16. The van der Waals surface area contributed by atoms with E-state index >= 15 is 0 Å². The number of alkyl halides is 3. The molecule has 2 N–H and O–H groups in total. The van der Waals surface area contributed by atoms with E-state index < -0.39 is 17.7 Å². The van der Waals surface area contributed by atoms with Crippen molar-refractivity contribution in [2.24, 2.45) is 0 Å². The van der Waals surface area contributed by atoms with Crippen molar-refractivity contribution in [2.75, 3.05) is 5.32 Å². The second-order valence-corrected chi connectivity index (χ2v) is 5.70. The van der Waals surface area contributed by atoms with Crippen LogP contribution in [0.1, 0.15) is 27.2 Å². The average molecular weight is 348 g/mol. The van der Waals surface area contributed by atoms with Gasteiger partial charge in [0.1, 0.15) is 0 Å². The Kier molecular flexibility index (Phi) is 4.16. The van der Waals surface area contributed by atoms with Gasteiger partial charge in [-0.05, 0) is 54.4 Å². The van der Waals surface area contributed by atoms with Crippen LogP contribution in [0.5, 0.6) is 0 Å². The SMILES string of the molecule is Cc1ccc(C(F)(F)F)cc1CNc1ccc2cccn2c1C(=O)O. The molecule has 130 valence electrons. The standard InChI is InChI=1S/C18H15F3N2O2/c1-11-4-5-13(18(19,20)21)9-12(11)10-22-15-7-6-14-3-2-8-23(14)16(15)17(24)25/h2-9,22H,10H2,1H3,(H,24,25). The number of aromatic carboxylic acids is 1. The van der Waals surface area contributed by atoms with Gasteiger partial charge in [-0.2, -0.15) is 13.2 Å². The number of rotatable bonds is 4. The van der Waals surface area contributed by atoms with Crippen LogP contribution < -0.4 is 5.32 Å². The largest absolute Gasteiger partial charge is 0.476 e. The van der Waals surface area contributed by atoms with Gasteiger partial charge in [0, 0.05) is 18.3 Å². The third-order valence-corrected chi connectivity index (χ3v) is 4.05. The van der Waals surface area contributed by atoms with E-state index in [9.17, 15) is 23.1 Å². The van der Waals surface area contributed by atoms with Crippen LogP contribution in [0.3, 0.4) is 0 Å². The van der Waals surface area contributed by atoms with Crippen LogP contribution in [0, 0.1) is 6.92 Å². The molecule has 0 saturated carbocycles. The highest BCUT2D eigenvalue weighted by atomic mass is 19.4. The molecule has 7 heteroatoms. The number of nitrogens with zero attached hydrogens (tertiary/aromatic N) is 1. The Hall–Kier alpha value is -2.96. The molecule has 0 radical (unpaired) electrons. The summed E-state index contributed by atoms with van der Waals surface area (Å²) >= 11 is 0. The first-order valence-corrected chi connectivity index (χ1v) is 7.51. The van der Waals surface area contributed by atoms with Gasteiger partial charge in [-0.25, -0.2) is 4.79 Å². The number of hydrogen-bond donors (Lipinski definition) is 2. The highest BCUT2D eigenvalue weighted by molar-refractivity contribution is 5.93. The topological polar surface area (TPSA) is 53.7 Å². The first-order chi connectivity index (χ1) is 11.8. The molecule has 0 aliphatic heterocycles. The van der Waals surface area contributed by atoms with Gasteiger partial charge in [0.25, 0.3) is 0 Å². The number of fused-ring (bicyclic) bond motifs is 1. The predicted molar refractivity (Wildman–Crippen MR) is 87.9 cm³/mol.